The zero-order valence-corrected chi connectivity index (χ0v) is 14.3. The molecule has 0 aliphatic heterocycles. The van der Waals surface area contributed by atoms with E-state index in [1.807, 2.05) is 24.3 Å². The number of carbonyl (C=O) groups excluding carboxylic acids is 1. The van der Waals surface area contributed by atoms with Gasteiger partial charge < -0.3 is 24.9 Å². The van der Waals surface area contributed by atoms with Crippen LogP contribution in [0.25, 0.3) is 0 Å². The van der Waals surface area contributed by atoms with E-state index < -0.39 is 5.60 Å². The number of urea groups is 1. The number of methoxy groups -OCH3 is 1. The summed E-state index contributed by atoms with van der Waals surface area (Å²) < 4.78 is 10.5. The van der Waals surface area contributed by atoms with Gasteiger partial charge in [-0.2, -0.15) is 0 Å². The highest BCUT2D eigenvalue weighted by molar-refractivity contribution is 5.73. The van der Waals surface area contributed by atoms with Crippen LogP contribution in [0.4, 0.5) is 4.79 Å². The van der Waals surface area contributed by atoms with Crippen molar-refractivity contribution in [2.75, 3.05) is 13.7 Å². The molecule has 0 bridgehead atoms. The number of carbonyl (C=O) groups is 1. The van der Waals surface area contributed by atoms with Crippen molar-refractivity contribution in [1.82, 2.24) is 10.6 Å². The Morgan fingerprint density at radius 2 is 2.00 bits per heavy atom. The van der Waals surface area contributed by atoms with E-state index in [2.05, 4.69) is 10.6 Å². The molecule has 0 aliphatic rings. The quantitative estimate of drug-likeness (QED) is 0.727. The molecule has 0 spiro atoms. The molecule has 1 heterocycles. The van der Waals surface area contributed by atoms with Crippen molar-refractivity contribution in [1.29, 1.82) is 0 Å². The highest BCUT2D eigenvalue weighted by atomic mass is 16.5. The summed E-state index contributed by atoms with van der Waals surface area (Å²) in [5, 5.41) is 15.8. The number of rotatable bonds is 7. The van der Waals surface area contributed by atoms with Crippen LogP contribution in [0.5, 0.6) is 0 Å². The second-order valence-electron chi connectivity index (χ2n) is 5.97. The third-order valence-corrected chi connectivity index (χ3v) is 3.62. The molecular formula is C18H24N2O4. The first-order valence-corrected chi connectivity index (χ1v) is 7.78. The average molecular weight is 332 g/mol. The van der Waals surface area contributed by atoms with Crippen molar-refractivity contribution in [3.05, 3.63) is 59.0 Å². The maximum Gasteiger partial charge on any atom is 0.315 e. The maximum atomic E-state index is 11.9. The molecule has 3 N–H and O–H groups in total. The van der Waals surface area contributed by atoms with Gasteiger partial charge in [-0.25, -0.2) is 4.79 Å². The van der Waals surface area contributed by atoms with Crippen LogP contribution in [-0.4, -0.2) is 24.8 Å². The van der Waals surface area contributed by atoms with Gasteiger partial charge in [-0.15, -0.1) is 0 Å². The molecule has 6 nitrogen and oxygen atoms in total. The first-order valence-electron chi connectivity index (χ1n) is 7.78. The van der Waals surface area contributed by atoms with Gasteiger partial charge >= 0.3 is 6.03 Å². The van der Waals surface area contributed by atoms with E-state index in [4.69, 9.17) is 9.15 Å². The molecule has 1 aromatic carbocycles. The van der Waals surface area contributed by atoms with Crippen molar-refractivity contribution in [3.63, 3.8) is 0 Å². The van der Waals surface area contributed by atoms with Crippen molar-refractivity contribution in [2.24, 2.45) is 0 Å². The molecular weight excluding hydrogens is 308 g/mol. The van der Waals surface area contributed by atoms with E-state index in [0.29, 0.717) is 24.7 Å². The van der Waals surface area contributed by atoms with Crippen LogP contribution >= 0.6 is 0 Å². The predicted octanol–water partition coefficient (Wildman–Crippen LogP) is 2.44. The molecule has 2 aromatic rings. The number of hydrogen-bond acceptors (Lipinski definition) is 4. The molecule has 2 amide bonds. The van der Waals surface area contributed by atoms with E-state index in [0.717, 1.165) is 11.1 Å². The second-order valence-corrected chi connectivity index (χ2v) is 5.97. The van der Waals surface area contributed by atoms with Crippen LogP contribution in [0.2, 0.25) is 0 Å². The van der Waals surface area contributed by atoms with Crippen molar-refractivity contribution in [2.45, 2.75) is 32.6 Å². The van der Waals surface area contributed by atoms with E-state index in [1.54, 1.807) is 33.1 Å². The normalized spacial score (nSPS) is 13.3. The Labute approximate surface area is 141 Å². The fourth-order valence-corrected chi connectivity index (χ4v) is 2.30. The van der Waals surface area contributed by atoms with Crippen LogP contribution < -0.4 is 10.6 Å². The number of ether oxygens (including phenoxy) is 1. The van der Waals surface area contributed by atoms with Gasteiger partial charge in [-0.3, -0.25) is 0 Å². The lowest BCUT2D eigenvalue weighted by Gasteiger charge is -2.21. The number of aliphatic hydroxyl groups is 1. The monoisotopic (exact) mass is 332 g/mol. The predicted molar refractivity (Wildman–Crippen MR) is 90.4 cm³/mol. The SMILES string of the molecule is COCc1cccc(CNC(=O)NCC(C)(O)c2ccc(C)o2)c1. The molecule has 24 heavy (non-hydrogen) atoms. The van der Waals surface area contributed by atoms with E-state index in [1.165, 1.54) is 0 Å². The molecule has 0 radical (unpaired) electrons. The zero-order chi connectivity index (χ0) is 17.6. The Bertz CT molecular complexity index is 679. The molecule has 2 rings (SSSR count). The summed E-state index contributed by atoms with van der Waals surface area (Å²) in [7, 11) is 1.64. The lowest BCUT2D eigenvalue weighted by molar-refractivity contribution is 0.0359. The van der Waals surface area contributed by atoms with Gasteiger partial charge in [0.15, 0.2) is 0 Å². The van der Waals surface area contributed by atoms with Gasteiger partial charge in [-0.1, -0.05) is 24.3 Å². The van der Waals surface area contributed by atoms with Crippen molar-refractivity contribution in [3.8, 4) is 0 Å². The van der Waals surface area contributed by atoms with E-state index in [-0.39, 0.29) is 12.6 Å². The molecule has 0 aliphatic carbocycles. The summed E-state index contributed by atoms with van der Waals surface area (Å²) in [6, 6.07) is 10.9. The molecule has 0 saturated carbocycles. The summed E-state index contributed by atoms with van der Waals surface area (Å²) in [6.07, 6.45) is 0. The molecule has 1 aromatic heterocycles. The lowest BCUT2D eigenvalue weighted by Crippen LogP contribution is -2.43. The van der Waals surface area contributed by atoms with Crippen molar-refractivity contribution >= 4 is 6.03 Å². The van der Waals surface area contributed by atoms with Crippen LogP contribution in [-0.2, 0) is 23.5 Å². The van der Waals surface area contributed by atoms with Gasteiger partial charge in [0.25, 0.3) is 0 Å². The molecule has 130 valence electrons. The van der Waals surface area contributed by atoms with E-state index in [9.17, 15) is 9.90 Å². The Kier molecular flexibility index (Phi) is 6.00. The molecule has 1 unspecified atom stereocenters. The maximum absolute atomic E-state index is 11.9. The van der Waals surface area contributed by atoms with Gasteiger partial charge in [-0.05, 0) is 37.1 Å². The van der Waals surface area contributed by atoms with Crippen LogP contribution in [0.1, 0.15) is 29.6 Å². The molecule has 6 heteroatoms. The van der Waals surface area contributed by atoms with Gasteiger partial charge in [0.2, 0.25) is 0 Å². The first-order chi connectivity index (χ1) is 11.4. The minimum absolute atomic E-state index is 0.0511. The van der Waals surface area contributed by atoms with E-state index >= 15 is 0 Å². The minimum atomic E-state index is -1.26. The van der Waals surface area contributed by atoms with Gasteiger partial charge in [0, 0.05) is 13.7 Å². The zero-order valence-electron chi connectivity index (χ0n) is 14.3. The summed E-state index contributed by atoms with van der Waals surface area (Å²) >= 11 is 0. The highest BCUT2D eigenvalue weighted by Gasteiger charge is 2.27. The number of benzene rings is 1. The summed E-state index contributed by atoms with van der Waals surface area (Å²) in [4.78, 5) is 11.9. The van der Waals surface area contributed by atoms with Gasteiger partial charge in [0.05, 0.1) is 13.2 Å². The van der Waals surface area contributed by atoms with Crippen molar-refractivity contribution < 1.29 is 19.1 Å². The fourth-order valence-electron chi connectivity index (χ4n) is 2.30. The molecule has 1 atom stereocenters. The second kappa shape index (κ2) is 7.99. The number of amides is 2. The minimum Gasteiger partial charge on any atom is -0.463 e. The highest BCUT2D eigenvalue weighted by Crippen LogP contribution is 2.21. The Morgan fingerprint density at radius 1 is 1.25 bits per heavy atom. The average Bonchev–Trinajstić information content (AvgIpc) is 2.99. The number of aryl methyl sites for hydroxylation is 1. The standard InChI is InChI=1S/C18H24N2O4/c1-13-7-8-16(24-13)18(2,22)12-20-17(21)19-10-14-5-4-6-15(9-14)11-23-3/h4-9,22H,10-12H2,1-3H3,(H2,19,20,21). The number of furan rings is 1. The molecule has 0 saturated heterocycles. The lowest BCUT2D eigenvalue weighted by atomic mass is 10.0. The Balaban J connectivity index is 1.82. The Hall–Kier alpha value is -2.31. The Morgan fingerprint density at radius 3 is 2.67 bits per heavy atom. The summed E-state index contributed by atoms with van der Waals surface area (Å²) in [5.74, 6) is 1.14. The summed E-state index contributed by atoms with van der Waals surface area (Å²) in [5.41, 5.74) is 0.769. The third kappa shape index (κ3) is 5.11. The smallest absolute Gasteiger partial charge is 0.315 e. The van der Waals surface area contributed by atoms with Crippen LogP contribution in [0.15, 0.2) is 40.8 Å². The topological polar surface area (TPSA) is 83.7 Å². The number of nitrogens with one attached hydrogen (secondary N) is 2. The van der Waals surface area contributed by atoms with Crippen LogP contribution in [0.3, 0.4) is 0 Å². The van der Waals surface area contributed by atoms with Crippen LogP contribution in [0, 0.1) is 6.92 Å². The summed E-state index contributed by atoms with van der Waals surface area (Å²) in [6.45, 7) is 4.38. The first kappa shape index (κ1) is 18.0. The molecule has 0 fully saturated rings. The number of hydrogen-bond donors (Lipinski definition) is 3. The fraction of sp³-hybridized carbons (Fsp3) is 0.389. The third-order valence-electron chi connectivity index (χ3n) is 3.62. The van der Waals surface area contributed by atoms with Gasteiger partial charge in [0.1, 0.15) is 17.1 Å². The largest absolute Gasteiger partial charge is 0.463 e.